The maximum Gasteiger partial charge on any atom is 0.408 e. The number of rotatable bonds is 1. The largest absolute Gasteiger partial charge is 0.465 e. The topological polar surface area (TPSA) is 72.8 Å². The number of hydrogen-bond donors (Lipinski definition) is 3. The van der Waals surface area contributed by atoms with Crippen LogP contribution in [0.25, 0.3) is 0 Å². The van der Waals surface area contributed by atoms with Gasteiger partial charge in [-0.1, -0.05) is 0 Å². The second kappa shape index (κ2) is 4.37. The molecular weight excluding hydrogens is 196 g/mol. The van der Waals surface area contributed by atoms with Crippen molar-refractivity contribution >= 4 is 6.09 Å². The Kier molecular flexibility index (Phi) is 3.57. The van der Waals surface area contributed by atoms with Crippen molar-refractivity contribution in [3.63, 3.8) is 0 Å². The number of hydrogen-bond acceptors (Lipinski definition) is 3. The summed E-state index contributed by atoms with van der Waals surface area (Å²) in [4.78, 5) is 12.5. The molecular formula is C10H20N2O3. The average Bonchev–Trinajstić information content (AvgIpc) is 2.05. The predicted octanol–water partition coefficient (Wildman–Crippen LogP) is 0.488. The minimum atomic E-state index is -0.977. The summed E-state index contributed by atoms with van der Waals surface area (Å²) in [5, 5.41) is 22.1. The van der Waals surface area contributed by atoms with Gasteiger partial charge in [0.05, 0.1) is 12.1 Å². The summed E-state index contributed by atoms with van der Waals surface area (Å²) in [6.45, 7) is 6.77. The zero-order chi connectivity index (χ0) is 11.6. The highest BCUT2D eigenvalue weighted by Gasteiger charge is 2.38. The molecule has 1 amide bonds. The molecule has 1 saturated heterocycles. The highest BCUT2D eigenvalue weighted by Crippen LogP contribution is 2.21. The van der Waals surface area contributed by atoms with Crippen LogP contribution in [0.3, 0.4) is 0 Å². The van der Waals surface area contributed by atoms with Gasteiger partial charge >= 0.3 is 6.09 Å². The Balaban J connectivity index is 2.83. The first-order valence-corrected chi connectivity index (χ1v) is 5.25. The van der Waals surface area contributed by atoms with Gasteiger partial charge in [0, 0.05) is 12.1 Å². The molecule has 1 aliphatic rings. The predicted molar refractivity (Wildman–Crippen MR) is 56.9 cm³/mol. The number of nitrogens with zero attached hydrogens (tertiary/aromatic N) is 1. The average molecular weight is 216 g/mol. The first kappa shape index (κ1) is 12.3. The molecule has 0 radical (unpaired) electrons. The Bertz CT molecular complexity index is 237. The second-order valence-electron chi connectivity index (χ2n) is 4.95. The fourth-order valence-electron chi connectivity index (χ4n) is 2.02. The number of amides is 1. The van der Waals surface area contributed by atoms with Crippen LogP contribution in [-0.2, 0) is 0 Å². The standard InChI is InChI=1S/C10H20N2O3/c1-10(2,3)12(9(14)15)7-6-11-5-4-8(7)13/h7-8,11,13H,4-6H2,1-3H3,(H,14,15)/t7-,8+/m1/s1. The molecule has 0 aromatic carbocycles. The Morgan fingerprint density at radius 1 is 1.47 bits per heavy atom. The third kappa shape index (κ3) is 2.82. The fraction of sp³-hybridized carbons (Fsp3) is 0.900. The number of piperidine rings is 1. The smallest absolute Gasteiger partial charge is 0.408 e. The van der Waals surface area contributed by atoms with Gasteiger partial charge in [-0.25, -0.2) is 4.79 Å². The van der Waals surface area contributed by atoms with E-state index in [4.69, 9.17) is 5.11 Å². The molecule has 3 N–H and O–H groups in total. The van der Waals surface area contributed by atoms with E-state index in [1.807, 2.05) is 20.8 Å². The summed E-state index contributed by atoms with van der Waals surface area (Å²) in [5.74, 6) is 0. The summed E-state index contributed by atoms with van der Waals surface area (Å²) in [7, 11) is 0. The molecule has 5 nitrogen and oxygen atoms in total. The quantitative estimate of drug-likeness (QED) is 0.596. The van der Waals surface area contributed by atoms with E-state index in [2.05, 4.69) is 5.32 Å². The van der Waals surface area contributed by atoms with Gasteiger partial charge in [-0.15, -0.1) is 0 Å². The Morgan fingerprint density at radius 2 is 2.07 bits per heavy atom. The summed E-state index contributed by atoms with van der Waals surface area (Å²) in [6, 6.07) is -0.351. The molecule has 0 aromatic heterocycles. The van der Waals surface area contributed by atoms with Crippen LogP contribution in [0.15, 0.2) is 0 Å². The zero-order valence-electron chi connectivity index (χ0n) is 9.53. The normalized spacial score (nSPS) is 27.5. The van der Waals surface area contributed by atoms with Crippen molar-refractivity contribution in [1.29, 1.82) is 0 Å². The van der Waals surface area contributed by atoms with Crippen LogP contribution in [0.1, 0.15) is 27.2 Å². The highest BCUT2D eigenvalue weighted by molar-refractivity contribution is 5.66. The lowest BCUT2D eigenvalue weighted by Crippen LogP contribution is -2.61. The first-order chi connectivity index (χ1) is 6.84. The van der Waals surface area contributed by atoms with Crippen molar-refractivity contribution in [1.82, 2.24) is 10.2 Å². The highest BCUT2D eigenvalue weighted by atomic mass is 16.4. The molecule has 0 saturated carbocycles. The third-order valence-electron chi connectivity index (χ3n) is 2.67. The molecule has 5 heteroatoms. The van der Waals surface area contributed by atoms with Crippen molar-refractivity contribution in [3.05, 3.63) is 0 Å². The van der Waals surface area contributed by atoms with Gasteiger partial charge in [-0.3, -0.25) is 4.90 Å². The van der Waals surface area contributed by atoms with E-state index >= 15 is 0 Å². The molecule has 1 heterocycles. The summed E-state index contributed by atoms with van der Waals surface area (Å²) < 4.78 is 0. The van der Waals surface area contributed by atoms with Gasteiger partial charge in [-0.2, -0.15) is 0 Å². The number of carboxylic acid groups (broad SMARTS) is 1. The van der Waals surface area contributed by atoms with E-state index in [1.165, 1.54) is 4.90 Å². The molecule has 1 fully saturated rings. The minimum Gasteiger partial charge on any atom is -0.465 e. The molecule has 0 bridgehead atoms. The van der Waals surface area contributed by atoms with E-state index in [-0.39, 0.29) is 6.04 Å². The molecule has 1 aliphatic heterocycles. The number of carbonyl (C=O) groups is 1. The first-order valence-electron chi connectivity index (χ1n) is 5.25. The van der Waals surface area contributed by atoms with E-state index in [0.717, 1.165) is 6.54 Å². The SMILES string of the molecule is CC(C)(C)N(C(=O)O)[C@@H]1CNCC[C@@H]1O. The van der Waals surface area contributed by atoms with Crippen LogP contribution in [-0.4, -0.2) is 52.0 Å². The van der Waals surface area contributed by atoms with Crippen molar-refractivity contribution < 1.29 is 15.0 Å². The molecule has 0 aromatic rings. The molecule has 1 rings (SSSR count). The lowest BCUT2D eigenvalue weighted by Gasteiger charge is -2.43. The van der Waals surface area contributed by atoms with Gasteiger partial charge in [-0.05, 0) is 33.7 Å². The van der Waals surface area contributed by atoms with Gasteiger partial charge in [0.25, 0.3) is 0 Å². The second-order valence-corrected chi connectivity index (χ2v) is 4.95. The van der Waals surface area contributed by atoms with E-state index < -0.39 is 17.7 Å². The van der Waals surface area contributed by atoms with E-state index in [1.54, 1.807) is 0 Å². The number of nitrogens with one attached hydrogen (secondary N) is 1. The monoisotopic (exact) mass is 216 g/mol. The van der Waals surface area contributed by atoms with Crippen molar-refractivity contribution in [2.75, 3.05) is 13.1 Å². The Morgan fingerprint density at radius 3 is 2.47 bits per heavy atom. The van der Waals surface area contributed by atoms with Crippen molar-refractivity contribution in [3.8, 4) is 0 Å². The summed E-state index contributed by atoms with van der Waals surface area (Å²) >= 11 is 0. The number of aliphatic hydroxyl groups excluding tert-OH is 1. The maximum absolute atomic E-state index is 11.2. The van der Waals surface area contributed by atoms with Crippen LogP contribution >= 0.6 is 0 Å². The fourth-order valence-corrected chi connectivity index (χ4v) is 2.02. The van der Waals surface area contributed by atoms with Crippen LogP contribution in [0.2, 0.25) is 0 Å². The van der Waals surface area contributed by atoms with Gasteiger partial charge in [0.2, 0.25) is 0 Å². The molecule has 0 aliphatic carbocycles. The van der Waals surface area contributed by atoms with E-state index in [0.29, 0.717) is 13.0 Å². The van der Waals surface area contributed by atoms with Gasteiger partial charge < -0.3 is 15.5 Å². The lowest BCUT2D eigenvalue weighted by molar-refractivity contribution is -0.00581. The third-order valence-corrected chi connectivity index (χ3v) is 2.67. The van der Waals surface area contributed by atoms with Gasteiger partial charge in [0.1, 0.15) is 0 Å². The van der Waals surface area contributed by atoms with Crippen molar-refractivity contribution in [2.45, 2.75) is 44.9 Å². The minimum absolute atomic E-state index is 0.351. The molecule has 0 unspecified atom stereocenters. The van der Waals surface area contributed by atoms with Crippen LogP contribution in [0.5, 0.6) is 0 Å². The Hall–Kier alpha value is -0.810. The summed E-state index contributed by atoms with van der Waals surface area (Å²) in [6.07, 6.45) is -0.943. The maximum atomic E-state index is 11.2. The Labute approximate surface area is 90.1 Å². The molecule has 88 valence electrons. The molecule has 0 spiro atoms. The summed E-state index contributed by atoms with van der Waals surface area (Å²) in [5.41, 5.74) is -0.490. The van der Waals surface area contributed by atoms with Crippen molar-refractivity contribution in [2.24, 2.45) is 0 Å². The van der Waals surface area contributed by atoms with E-state index in [9.17, 15) is 9.90 Å². The zero-order valence-corrected chi connectivity index (χ0v) is 9.53. The molecule has 15 heavy (non-hydrogen) atoms. The lowest BCUT2D eigenvalue weighted by atomic mass is 9.96. The van der Waals surface area contributed by atoms with Crippen LogP contribution in [0.4, 0.5) is 4.79 Å². The number of aliphatic hydroxyl groups is 1. The van der Waals surface area contributed by atoms with Gasteiger partial charge in [0.15, 0.2) is 0 Å². The van der Waals surface area contributed by atoms with Crippen LogP contribution in [0, 0.1) is 0 Å². The van der Waals surface area contributed by atoms with Crippen LogP contribution < -0.4 is 5.32 Å². The molecule has 2 atom stereocenters.